The molecule has 5 rings (SSSR count). The molecule has 3 nitrogen and oxygen atoms in total. The summed E-state index contributed by atoms with van der Waals surface area (Å²) in [7, 11) is 2.80. The van der Waals surface area contributed by atoms with Crippen LogP contribution in [0.25, 0.3) is 44.9 Å². The van der Waals surface area contributed by atoms with Gasteiger partial charge in [0.25, 0.3) is 0 Å². The Bertz CT molecular complexity index is 1320. The third kappa shape index (κ3) is 2.39. The van der Waals surface area contributed by atoms with E-state index >= 15 is 0 Å². The molecule has 3 aromatic carbocycles. The first-order chi connectivity index (χ1) is 12.7. The molecule has 0 fully saturated rings. The molecule has 1 aliphatic carbocycles. The SMILES string of the molecule is CN(C)p1oc2ccc3c(c2c2c(ccc4ccccc42)o1)=CCCC=3. The van der Waals surface area contributed by atoms with E-state index in [1.54, 1.807) is 0 Å². The number of nitrogens with zero attached hydrogens (tertiary/aromatic N) is 1. The number of fused-ring (bicyclic) bond motifs is 7. The van der Waals surface area contributed by atoms with E-state index in [0.717, 1.165) is 34.8 Å². The van der Waals surface area contributed by atoms with E-state index < -0.39 is 8.16 Å². The van der Waals surface area contributed by atoms with Crippen LogP contribution in [0.4, 0.5) is 0 Å². The average Bonchev–Trinajstić information content (AvgIpc) is 2.85. The fraction of sp³-hybridized carbons (Fsp3) is 0.182. The first kappa shape index (κ1) is 15.7. The number of rotatable bonds is 1. The van der Waals surface area contributed by atoms with Gasteiger partial charge in [0.05, 0.1) is 0 Å². The van der Waals surface area contributed by atoms with Crippen molar-refractivity contribution >= 4 is 53.0 Å². The molecule has 4 aromatic rings. The monoisotopic (exact) mass is 361 g/mol. The van der Waals surface area contributed by atoms with Crippen LogP contribution in [0.2, 0.25) is 0 Å². The molecule has 0 spiro atoms. The Morgan fingerprint density at radius 1 is 0.808 bits per heavy atom. The van der Waals surface area contributed by atoms with Crippen molar-refractivity contribution in [3.05, 3.63) is 59.0 Å². The van der Waals surface area contributed by atoms with Crippen molar-refractivity contribution in [3.63, 3.8) is 0 Å². The molecule has 1 aliphatic rings. The summed E-state index contributed by atoms with van der Waals surface area (Å²) in [6.45, 7) is 0. The van der Waals surface area contributed by atoms with E-state index in [-0.39, 0.29) is 0 Å². The zero-order valence-corrected chi connectivity index (χ0v) is 15.8. The highest BCUT2D eigenvalue weighted by Gasteiger charge is 2.13. The molecule has 0 saturated heterocycles. The molecular formula is C22H20NO2P. The van der Waals surface area contributed by atoms with E-state index in [1.165, 1.54) is 21.2 Å². The highest BCUT2D eigenvalue weighted by atomic mass is 31.1. The third-order valence-electron chi connectivity index (χ3n) is 4.94. The Balaban J connectivity index is 2.18. The van der Waals surface area contributed by atoms with Gasteiger partial charge >= 0.3 is 8.16 Å². The van der Waals surface area contributed by atoms with Crippen LogP contribution in [-0.2, 0) is 0 Å². The summed E-state index contributed by atoms with van der Waals surface area (Å²) < 4.78 is 14.7. The highest BCUT2D eigenvalue weighted by molar-refractivity contribution is 7.38. The molecule has 0 aliphatic heterocycles. The lowest BCUT2D eigenvalue weighted by molar-refractivity contribution is 0.634. The number of benzene rings is 3. The van der Waals surface area contributed by atoms with Gasteiger partial charge in [0.15, 0.2) is 0 Å². The Hall–Kier alpha value is -2.48. The van der Waals surface area contributed by atoms with E-state index in [4.69, 9.17) is 8.39 Å². The van der Waals surface area contributed by atoms with Gasteiger partial charge in [-0.2, -0.15) is 0 Å². The normalized spacial score (nSPS) is 14.3. The predicted octanol–water partition coefficient (Wildman–Crippen LogP) is 5.00. The van der Waals surface area contributed by atoms with Crippen LogP contribution in [0, 0.1) is 0 Å². The van der Waals surface area contributed by atoms with Gasteiger partial charge in [0, 0.05) is 24.9 Å². The molecule has 1 heterocycles. The van der Waals surface area contributed by atoms with Gasteiger partial charge < -0.3 is 8.39 Å². The van der Waals surface area contributed by atoms with Crippen molar-refractivity contribution in [2.75, 3.05) is 18.8 Å². The third-order valence-corrected chi connectivity index (χ3v) is 6.30. The smallest absolute Gasteiger partial charge is 0.309 e. The van der Waals surface area contributed by atoms with Gasteiger partial charge in [-0.1, -0.05) is 48.6 Å². The van der Waals surface area contributed by atoms with Crippen molar-refractivity contribution in [3.8, 4) is 0 Å². The molecule has 1 atom stereocenters. The molecule has 130 valence electrons. The molecular weight excluding hydrogens is 341 g/mol. The summed E-state index contributed by atoms with van der Waals surface area (Å²) >= 11 is 0. The summed E-state index contributed by atoms with van der Waals surface area (Å²) in [4.78, 5) is 0. The summed E-state index contributed by atoms with van der Waals surface area (Å²) in [5, 5.41) is 7.29. The van der Waals surface area contributed by atoms with Gasteiger partial charge in [0.2, 0.25) is 0 Å². The quantitative estimate of drug-likeness (QED) is 0.478. The van der Waals surface area contributed by atoms with E-state index in [2.05, 4.69) is 60.7 Å². The maximum Gasteiger partial charge on any atom is 0.309 e. The molecule has 0 saturated carbocycles. The van der Waals surface area contributed by atoms with Crippen LogP contribution in [0.1, 0.15) is 12.8 Å². The van der Waals surface area contributed by atoms with Crippen molar-refractivity contribution in [1.82, 2.24) is 0 Å². The van der Waals surface area contributed by atoms with Gasteiger partial charge in [-0.3, -0.25) is 0 Å². The predicted molar refractivity (Wildman–Crippen MR) is 111 cm³/mol. The largest absolute Gasteiger partial charge is 0.408 e. The minimum absolute atomic E-state index is 0.898. The zero-order valence-electron chi connectivity index (χ0n) is 14.9. The minimum atomic E-state index is -1.19. The molecule has 0 N–H and O–H groups in total. The Morgan fingerprint density at radius 2 is 1.54 bits per heavy atom. The summed E-state index contributed by atoms with van der Waals surface area (Å²) in [6, 6.07) is 17.0. The minimum Gasteiger partial charge on any atom is -0.408 e. The second-order valence-electron chi connectivity index (χ2n) is 6.85. The molecule has 0 bridgehead atoms. The zero-order chi connectivity index (χ0) is 17.7. The van der Waals surface area contributed by atoms with Crippen LogP contribution in [0.5, 0.6) is 0 Å². The standard InChI is InChI=1S/C22H20NO2P/c1-23(2)26-24-19-13-11-15-7-3-5-9-17(15)21(19)22-18-10-6-4-8-16(18)12-14-20(22)25-26/h3,5,7-14H,4,6H2,1-2H3. The molecule has 1 aromatic heterocycles. The summed E-state index contributed by atoms with van der Waals surface area (Å²) in [6.07, 6.45) is 6.82. The fourth-order valence-corrected chi connectivity index (χ4v) is 4.75. The number of hydrogen-bond donors (Lipinski definition) is 0. The van der Waals surface area contributed by atoms with Gasteiger partial charge in [-0.15, -0.1) is 0 Å². The van der Waals surface area contributed by atoms with Crippen molar-refractivity contribution in [1.29, 1.82) is 0 Å². The van der Waals surface area contributed by atoms with Crippen molar-refractivity contribution in [2.24, 2.45) is 0 Å². The second kappa shape index (κ2) is 6.05. The Kier molecular flexibility index (Phi) is 3.66. The van der Waals surface area contributed by atoms with Gasteiger partial charge in [-0.25, -0.2) is 4.67 Å². The van der Waals surface area contributed by atoms with Gasteiger partial charge in [0.1, 0.15) is 11.2 Å². The van der Waals surface area contributed by atoms with E-state index in [1.807, 2.05) is 18.8 Å². The lowest BCUT2D eigenvalue weighted by atomic mass is 9.98. The topological polar surface area (TPSA) is 29.5 Å². The second-order valence-corrected chi connectivity index (χ2v) is 8.50. The highest BCUT2D eigenvalue weighted by Crippen LogP contribution is 2.37. The molecule has 26 heavy (non-hydrogen) atoms. The van der Waals surface area contributed by atoms with Crippen LogP contribution in [0.15, 0.2) is 56.9 Å². The van der Waals surface area contributed by atoms with Gasteiger partial charge in [-0.05, 0) is 46.2 Å². The molecule has 4 heteroatoms. The number of hydrogen-bond acceptors (Lipinski definition) is 3. The lowest BCUT2D eigenvalue weighted by Crippen LogP contribution is -2.27. The molecule has 0 radical (unpaired) electrons. The van der Waals surface area contributed by atoms with Crippen LogP contribution >= 0.6 is 8.16 Å². The average molecular weight is 361 g/mol. The lowest BCUT2D eigenvalue weighted by Gasteiger charge is -2.05. The van der Waals surface area contributed by atoms with Crippen LogP contribution < -0.4 is 15.1 Å². The molecule has 0 amide bonds. The van der Waals surface area contributed by atoms with E-state index in [0.29, 0.717) is 0 Å². The van der Waals surface area contributed by atoms with Crippen molar-refractivity contribution < 1.29 is 8.39 Å². The first-order valence-electron chi connectivity index (χ1n) is 8.91. The maximum atomic E-state index is 6.35. The van der Waals surface area contributed by atoms with Crippen LogP contribution in [-0.4, -0.2) is 14.1 Å². The fourth-order valence-electron chi connectivity index (χ4n) is 3.75. The first-order valence-corrected chi connectivity index (χ1v) is 10.0. The maximum absolute atomic E-state index is 6.35. The summed E-state index contributed by atoms with van der Waals surface area (Å²) in [5.41, 5.74) is 1.81. The Labute approximate surface area is 152 Å². The van der Waals surface area contributed by atoms with Crippen LogP contribution in [0.3, 0.4) is 0 Å². The van der Waals surface area contributed by atoms with E-state index in [9.17, 15) is 0 Å². The summed E-state index contributed by atoms with van der Waals surface area (Å²) in [5.74, 6) is 0. The van der Waals surface area contributed by atoms with Crippen molar-refractivity contribution in [2.45, 2.75) is 12.8 Å². The molecule has 1 unspecified atom stereocenters. The Morgan fingerprint density at radius 3 is 2.38 bits per heavy atom.